The fourth-order valence-electron chi connectivity index (χ4n) is 2.97. The number of methoxy groups -OCH3 is 1. The number of amides is 1. The van der Waals surface area contributed by atoms with Crippen molar-refractivity contribution in [2.75, 3.05) is 13.7 Å². The summed E-state index contributed by atoms with van der Waals surface area (Å²) in [4.78, 5) is 23.9. The molecule has 1 fully saturated rings. The lowest BCUT2D eigenvalue weighted by molar-refractivity contribution is 0.00578. The van der Waals surface area contributed by atoms with Crippen LogP contribution in [0, 0.1) is 0 Å². The Morgan fingerprint density at radius 2 is 1.69 bits per heavy atom. The third-order valence-corrected chi connectivity index (χ3v) is 5.55. The summed E-state index contributed by atoms with van der Waals surface area (Å²) in [6.07, 6.45) is 1.09. The van der Waals surface area contributed by atoms with Crippen LogP contribution >= 0.6 is 0 Å². The molecule has 2 aromatic rings. The summed E-state index contributed by atoms with van der Waals surface area (Å²) in [7, 11) is 0.558. The second kappa shape index (κ2) is 9.62. The van der Waals surface area contributed by atoms with E-state index < -0.39 is 30.4 Å². The highest BCUT2D eigenvalue weighted by Crippen LogP contribution is 2.38. The maximum Gasteiger partial charge on any atom is 0.492 e. The topological polar surface area (TPSA) is 96.2 Å². The molecule has 1 N–H and O–H groups in total. The highest BCUT2D eigenvalue weighted by Gasteiger charge is 2.52. The quantitative estimate of drug-likeness (QED) is 0.512. The van der Waals surface area contributed by atoms with Gasteiger partial charge in [0.2, 0.25) is 5.76 Å². The zero-order valence-corrected chi connectivity index (χ0v) is 19.0. The Morgan fingerprint density at radius 3 is 2.31 bits per heavy atom. The molecule has 0 saturated carbocycles. The smallest absolute Gasteiger partial charge is 0.463 e. The van der Waals surface area contributed by atoms with Crippen molar-refractivity contribution < 1.29 is 32.8 Å². The minimum atomic E-state index is -0.721. The first-order chi connectivity index (χ1) is 15.1. The Morgan fingerprint density at radius 1 is 1.03 bits per heavy atom. The number of rotatable bonds is 7. The second-order valence-corrected chi connectivity index (χ2v) is 8.42. The lowest BCUT2D eigenvalue weighted by atomic mass is 9.77. The average molecular weight is 441 g/mol. The van der Waals surface area contributed by atoms with Crippen LogP contribution in [0.4, 0.5) is 4.79 Å². The van der Waals surface area contributed by atoms with Crippen molar-refractivity contribution in [1.82, 2.24) is 5.32 Å². The molecule has 3 rings (SSSR count). The van der Waals surface area contributed by atoms with E-state index >= 15 is 0 Å². The third-order valence-electron chi connectivity index (χ3n) is 5.55. The number of nitrogens with one attached hydrogen (secondary N) is 1. The molecular weight excluding hydrogens is 413 g/mol. The number of alkyl carbamates (subject to hydrolysis) is 1. The van der Waals surface area contributed by atoms with Crippen molar-refractivity contribution >= 4 is 25.3 Å². The molecule has 1 aromatic carbocycles. The molecule has 32 heavy (non-hydrogen) atoms. The lowest BCUT2D eigenvalue weighted by Crippen LogP contribution is -2.41. The van der Waals surface area contributed by atoms with Gasteiger partial charge in [-0.15, -0.1) is 0 Å². The number of carbonyl (C=O) groups excluding carboxylic acids is 2. The first-order valence-corrected chi connectivity index (χ1v) is 10.3. The summed E-state index contributed by atoms with van der Waals surface area (Å²) in [6.45, 7) is 8.01. The van der Waals surface area contributed by atoms with Gasteiger partial charge >= 0.3 is 19.2 Å². The van der Waals surface area contributed by atoms with Crippen LogP contribution in [-0.2, 0) is 25.4 Å². The van der Waals surface area contributed by atoms with Crippen LogP contribution in [0.3, 0.4) is 0 Å². The fraction of sp³-hybridized carbons (Fsp3) is 0.391. The van der Waals surface area contributed by atoms with E-state index in [1.54, 1.807) is 12.1 Å². The Labute approximate surface area is 188 Å². The Balaban J connectivity index is 1.73. The van der Waals surface area contributed by atoms with Gasteiger partial charge in [0, 0.05) is 6.54 Å². The van der Waals surface area contributed by atoms with Crippen LogP contribution < -0.4 is 5.32 Å². The van der Waals surface area contributed by atoms with Crippen molar-refractivity contribution in [3.05, 3.63) is 65.0 Å². The molecule has 1 aliphatic rings. The van der Waals surface area contributed by atoms with E-state index in [2.05, 4.69) is 10.1 Å². The van der Waals surface area contributed by atoms with Crippen LogP contribution in [0.15, 0.2) is 52.4 Å². The van der Waals surface area contributed by atoms with E-state index in [4.69, 9.17) is 18.5 Å². The number of esters is 1. The van der Waals surface area contributed by atoms with E-state index in [0.717, 1.165) is 5.56 Å². The van der Waals surface area contributed by atoms with Crippen LogP contribution in [0.2, 0.25) is 0 Å². The van der Waals surface area contributed by atoms with Crippen molar-refractivity contribution in [1.29, 1.82) is 0 Å². The zero-order valence-electron chi connectivity index (χ0n) is 19.0. The van der Waals surface area contributed by atoms with E-state index in [1.165, 1.54) is 13.2 Å². The molecule has 0 atom stereocenters. The van der Waals surface area contributed by atoms with Gasteiger partial charge in [-0.2, -0.15) is 0 Å². The number of hydrogen-bond acceptors (Lipinski definition) is 7. The van der Waals surface area contributed by atoms with Gasteiger partial charge < -0.3 is 28.5 Å². The molecule has 170 valence electrons. The highest BCUT2D eigenvalue weighted by atomic mass is 16.7. The largest absolute Gasteiger partial charge is 0.492 e. The van der Waals surface area contributed by atoms with Crippen LogP contribution in [-0.4, -0.2) is 44.0 Å². The Bertz CT molecular complexity index is 965. The predicted octanol–water partition coefficient (Wildman–Crippen LogP) is 4.01. The van der Waals surface area contributed by atoms with E-state index in [0.29, 0.717) is 11.2 Å². The molecule has 1 aromatic heterocycles. The van der Waals surface area contributed by atoms with Gasteiger partial charge in [0.25, 0.3) is 0 Å². The van der Waals surface area contributed by atoms with Gasteiger partial charge in [-0.3, -0.25) is 0 Å². The lowest BCUT2D eigenvalue weighted by Gasteiger charge is -2.32. The summed E-state index contributed by atoms with van der Waals surface area (Å²) >= 11 is 0. The van der Waals surface area contributed by atoms with Gasteiger partial charge in [0.05, 0.1) is 18.3 Å². The summed E-state index contributed by atoms with van der Waals surface area (Å²) in [5.41, 5.74) is 0.358. The Hall–Kier alpha value is -3.04. The standard InChI is InChI=1S/C23H28BNO7/c1-22(2)23(3,4)32-24(31-22)17(13-18-11-12-19(30-18)20(26)28-5)14-25-21(27)29-15-16-9-7-6-8-10-16/h6-13H,14-15H2,1-5H3,(H,25,27). The van der Waals surface area contributed by atoms with Gasteiger partial charge in [-0.1, -0.05) is 30.3 Å². The molecule has 1 aliphatic heterocycles. The molecule has 1 saturated heterocycles. The van der Waals surface area contributed by atoms with Gasteiger partial charge in [-0.25, -0.2) is 9.59 Å². The van der Waals surface area contributed by atoms with Gasteiger partial charge in [-0.05, 0) is 56.9 Å². The first-order valence-electron chi connectivity index (χ1n) is 10.3. The average Bonchev–Trinajstić information content (AvgIpc) is 3.31. The van der Waals surface area contributed by atoms with Crippen molar-refractivity contribution in [2.45, 2.75) is 45.5 Å². The zero-order chi connectivity index (χ0) is 23.4. The molecule has 0 spiro atoms. The minimum Gasteiger partial charge on any atom is -0.463 e. The molecule has 0 aliphatic carbocycles. The summed E-state index contributed by atoms with van der Waals surface area (Å²) in [5.74, 6) is -0.110. The highest BCUT2D eigenvalue weighted by molar-refractivity contribution is 6.56. The van der Waals surface area contributed by atoms with Gasteiger partial charge in [0.1, 0.15) is 12.4 Å². The van der Waals surface area contributed by atoms with Crippen LogP contribution in [0.1, 0.15) is 49.6 Å². The van der Waals surface area contributed by atoms with Crippen molar-refractivity contribution in [3.63, 3.8) is 0 Å². The van der Waals surface area contributed by atoms with E-state index in [9.17, 15) is 9.59 Å². The molecule has 0 unspecified atom stereocenters. The molecule has 9 heteroatoms. The molecule has 1 amide bonds. The number of furan rings is 1. The first kappa shape index (κ1) is 23.6. The summed E-state index contributed by atoms with van der Waals surface area (Å²) in [6, 6.07) is 12.5. The van der Waals surface area contributed by atoms with Crippen molar-refractivity contribution in [3.8, 4) is 0 Å². The summed E-state index contributed by atoms with van der Waals surface area (Å²) in [5, 5.41) is 2.72. The SMILES string of the molecule is COC(=O)c1ccc(C=C(CNC(=O)OCc2ccccc2)B2OC(C)(C)C(C)(C)O2)o1. The van der Waals surface area contributed by atoms with Crippen molar-refractivity contribution in [2.24, 2.45) is 0 Å². The number of ether oxygens (including phenoxy) is 2. The van der Waals surface area contributed by atoms with Crippen LogP contribution in [0.25, 0.3) is 6.08 Å². The fourth-order valence-corrected chi connectivity index (χ4v) is 2.97. The number of hydrogen-bond donors (Lipinski definition) is 1. The van der Waals surface area contributed by atoms with Gasteiger partial charge in [0.15, 0.2) is 0 Å². The third kappa shape index (κ3) is 5.60. The number of carbonyl (C=O) groups is 2. The van der Waals surface area contributed by atoms with Crippen LogP contribution in [0.5, 0.6) is 0 Å². The number of benzene rings is 1. The van der Waals surface area contributed by atoms with E-state index in [-0.39, 0.29) is 18.9 Å². The second-order valence-electron chi connectivity index (χ2n) is 8.42. The molecule has 2 heterocycles. The molecular formula is C23H28BNO7. The molecule has 0 radical (unpaired) electrons. The molecule has 8 nitrogen and oxygen atoms in total. The minimum absolute atomic E-state index is 0.0715. The Kier molecular flexibility index (Phi) is 7.11. The summed E-state index contributed by atoms with van der Waals surface area (Å²) < 4.78 is 27.7. The maximum absolute atomic E-state index is 12.2. The predicted molar refractivity (Wildman–Crippen MR) is 119 cm³/mol. The monoisotopic (exact) mass is 441 g/mol. The molecule has 0 bridgehead atoms. The van der Waals surface area contributed by atoms with E-state index in [1.807, 2.05) is 58.0 Å². The normalized spacial score (nSPS) is 17.2. The maximum atomic E-state index is 12.2.